The van der Waals surface area contributed by atoms with Gasteiger partial charge < -0.3 is 25.0 Å². The van der Waals surface area contributed by atoms with Crippen molar-refractivity contribution in [2.24, 2.45) is 11.8 Å². The SMILES string of the molecule is COc1ccc(CCN2C(=O)[C@@H]3[C@H](C(=O)NCc4cccs4)[C@@]4(C)C=C[C@]3(O4)[C@H]2C(=O)NCc2ccccc2)cc1. The van der Waals surface area contributed by atoms with E-state index in [2.05, 4.69) is 10.6 Å². The predicted octanol–water partition coefficient (Wildman–Crippen LogP) is 3.47. The molecule has 2 bridgehead atoms. The fourth-order valence-electron chi connectivity index (χ4n) is 6.49. The topological polar surface area (TPSA) is 97.0 Å². The van der Waals surface area contributed by atoms with Crippen molar-refractivity contribution in [3.63, 3.8) is 0 Å². The molecule has 3 aliphatic rings. The summed E-state index contributed by atoms with van der Waals surface area (Å²) < 4.78 is 11.9. The van der Waals surface area contributed by atoms with Crippen LogP contribution in [0.1, 0.15) is 22.9 Å². The van der Waals surface area contributed by atoms with Crippen LogP contribution in [0.5, 0.6) is 5.75 Å². The number of fused-ring (bicyclic) bond motifs is 1. The number of hydrogen-bond acceptors (Lipinski definition) is 6. The first kappa shape index (κ1) is 27.2. The molecule has 2 fully saturated rings. The Morgan fingerprint density at radius 2 is 1.71 bits per heavy atom. The third kappa shape index (κ3) is 4.83. The molecule has 1 aromatic heterocycles. The van der Waals surface area contributed by atoms with E-state index in [1.54, 1.807) is 23.3 Å². The van der Waals surface area contributed by atoms with Crippen molar-refractivity contribution in [2.75, 3.05) is 13.7 Å². The van der Waals surface area contributed by atoms with E-state index < -0.39 is 29.1 Å². The van der Waals surface area contributed by atoms with E-state index in [9.17, 15) is 14.4 Å². The molecule has 0 aliphatic carbocycles. The maximum absolute atomic E-state index is 14.2. The summed E-state index contributed by atoms with van der Waals surface area (Å²) in [6.07, 6.45) is 4.24. The number of carbonyl (C=O) groups is 3. The summed E-state index contributed by atoms with van der Waals surface area (Å²) in [5, 5.41) is 8.01. The highest BCUT2D eigenvalue weighted by molar-refractivity contribution is 7.09. The molecule has 3 aliphatic heterocycles. The maximum Gasteiger partial charge on any atom is 0.246 e. The van der Waals surface area contributed by atoms with E-state index in [0.29, 0.717) is 26.1 Å². The Morgan fingerprint density at radius 3 is 2.41 bits per heavy atom. The van der Waals surface area contributed by atoms with Crippen molar-refractivity contribution in [3.8, 4) is 5.75 Å². The number of nitrogens with one attached hydrogen (secondary N) is 2. The lowest BCUT2D eigenvalue weighted by Crippen LogP contribution is -2.55. The predicted molar refractivity (Wildman–Crippen MR) is 155 cm³/mol. The summed E-state index contributed by atoms with van der Waals surface area (Å²) in [7, 11) is 1.62. The first-order valence-corrected chi connectivity index (χ1v) is 14.7. The molecule has 0 saturated carbocycles. The van der Waals surface area contributed by atoms with Gasteiger partial charge in [0.2, 0.25) is 17.7 Å². The molecule has 212 valence electrons. The second kappa shape index (κ2) is 10.8. The minimum Gasteiger partial charge on any atom is -0.497 e. The summed E-state index contributed by atoms with van der Waals surface area (Å²) in [6, 6.07) is 20.3. The minimum atomic E-state index is -1.22. The monoisotopic (exact) mass is 571 g/mol. The Morgan fingerprint density at radius 1 is 0.951 bits per heavy atom. The highest BCUT2D eigenvalue weighted by atomic mass is 32.1. The van der Waals surface area contributed by atoms with Crippen molar-refractivity contribution < 1.29 is 23.9 Å². The van der Waals surface area contributed by atoms with Gasteiger partial charge in [-0.2, -0.15) is 0 Å². The second-order valence-corrected chi connectivity index (χ2v) is 12.0. The fraction of sp³-hybridized carbons (Fsp3) is 0.344. The number of thiophene rings is 1. The van der Waals surface area contributed by atoms with Gasteiger partial charge in [-0.05, 0) is 48.1 Å². The molecule has 0 unspecified atom stereocenters. The van der Waals surface area contributed by atoms with Gasteiger partial charge in [0.1, 0.15) is 17.4 Å². The number of amides is 3. The van der Waals surface area contributed by atoms with Crippen LogP contribution in [-0.4, -0.2) is 53.5 Å². The summed E-state index contributed by atoms with van der Waals surface area (Å²) >= 11 is 1.56. The van der Waals surface area contributed by atoms with Gasteiger partial charge in [-0.15, -0.1) is 11.3 Å². The van der Waals surface area contributed by atoms with Crippen molar-refractivity contribution in [3.05, 3.63) is 100 Å². The first-order chi connectivity index (χ1) is 19.8. The largest absolute Gasteiger partial charge is 0.497 e. The lowest BCUT2D eigenvalue weighted by molar-refractivity contribution is -0.145. The fourth-order valence-corrected chi connectivity index (χ4v) is 7.14. The molecular formula is C32H33N3O5S. The van der Waals surface area contributed by atoms with Crippen LogP contribution in [0.25, 0.3) is 0 Å². The average Bonchev–Trinajstić information content (AvgIpc) is 3.74. The number of rotatable bonds is 10. The molecule has 5 atom stereocenters. The summed E-state index contributed by atoms with van der Waals surface area (Å²) in [4.78, 5) is 44.4. The van der Waals surface area contributed by atoms with Crippen molar-refractivity contribution in [1.82, 2.24) is 15.5 Å². The second-order valence-electron chi connectivity index (χ2n) is 11.0. The first-order valence-electron chi connectivity index (χ1n) is 13.8. The smallest absolute Gasteiger partial charge is 0.246 e. The lowest BCUT2D eigenvalue weighted by Gasteiger charge is -2.33. The summed E-state index contributed by atoms with van der Waals surface area (Å²) in [5.41, 5.74) is -0.249. The van der Waals surface area contributed by atoms with Crippen LogP contribution >= 0.6 is 11.3 Å². The van der Waals surface area contributed by atoms with Gasteiger partial charge >= 0.3 is 0 Å². The van der Waals surface area contributed by atoms with Gasteiger partial charge in [0.25, 0.3) is 0 Å². The van der Waals surface area contributed by atoms with Crippen LogP contribution in [0.3, 0.4) is 0 Å². The maximum atomic E-state index is 14.2. The Kier molecular flexibility index (Phi) is 7.17. The molecule has 1 spiro atoms. The van der Waals surface area contributed by atoms with Crippen molar-refractivity contribution in [1.29, 1.82) is 0 Å². The molecule has 2 N–H and O–H groups in total. The summed E-state index contributed by atoms with van der Waals surface area (Å²) in [6.45, 7) is 2.84. The number of carbonyl (C=O) groups excluding carboxylic acids is 3. The highest BCUT2D eigenvalue weighted by Crippen LogP contribution is 2.59. The summed E-state index contributed by atoms with van der Waals surface area (Å²) in [5.74, 6) is -1.58. The molecule has 0 radical (unpaired) electrons. The van der Waals surface area contributed by atoms with Crippen LogP contribution in [0.15, 0.2) is 84.3 Å². The third-order valence-corrected chi connectivity index (χ3v) is 9.33. The molecule has 3 aromatic rings. The third-order valence-electron chi connectivity index (χ3n) is 8.45. The van der Waals surface area contributed by atoms with E-state index in [1.165, 1.54) is 0 Å². The van der Waals surface area contributed by atoms with Crippen LogP contribution < -0.4 is 15.4 Å². The molecule has 9 heteroatoms. The number of nitrogens with zero attached hydrogens (tertiary/aromatic N) is 1. The normalized spacial score (nSPS) is 27.6. The van der Waals surface area contributed by atoms with E-state index in [4.69, 9.17) is 9.47 Å². The van der Waals surface area contributed by atoms with Gasteiger partial charge in [0.15, 0.2) is 0 Å². The molecule has 6 rings (SSSR count). The molecule has 4 heterocycles. The average molecular weight is 572 g/mol. The highest BCUT2D eigenvalue weighted by Gasteiger charge is 2.76. The van der Waals surface area contributed by atoms with Crippen LogP contribution in [0.2, 0.25) is 0 Å². The molecule has 3 amide bonds. The van der Waals surface area contributed by atoms with Gasteiger partial charge in [-0.1, -0.05) is 60.7 Å². The number of benzene rings is 2. The quantitative estimate of drug-likeness (QED) is 0.364. The molecule has 8 nitrogen and oxygen atoms in total. The van der Waals surface area contributed by atoms with Gasteiger partial charge in [-0.3, -0.25) is 14.4 Å². The van der Waals surface area contributed by atoms with E-state index in [-0.39, 0.29) is 17.7 Å². The minimum absolute atomic E-state index is 0.234. The van der Waals surface area contributed by atoms with Crippen LogP contribution in [0, 0.1) is 11.8 Å². The Bertz CT molecular complexity index is 1460. The molecule has 2 saturated heterocycles. The van der Waals surface area contributed by atoms with E-state index in [1.807, 2.05) is 91.2 Å². The van der Waals surface area contributed by atoms with Crippen molar-refractivity contribution in [2.45, 2.75) is 43.7 Å². The van der Waals surface area contributed by atoms with E-state index >= 15 is 0 Å². The zero-order chi connectivity index (χ0) is 28.6. The number of likely N-dealkylation sites (tertiary alicyclic amines) is 1. The molecule has 41 heavy (non-hydrogen) atoms. The lowest BCUT2D eigenvalue weighted by atomic mass is 9.70. The van der Waals surface area contributed by atoms with Gasteiger partial charge in [-0.25, -0.2) is 0 Å². The Labute approximate surface area is 243 Å². The number of ether oxygens (including phenoxy) is 2. The standard InChI is InChI=1S/C32H33N3O5S/c1-31-15-16-32(40-31)26(25(31)28(36)34-20-24-9-6-18-41-24)30(38)35(17-14-21-10-12-23(39-2)13-11-21)27(32)29(37)33-19-22-7-4-3-5-8-22/h3-13,15-16,18,25-27H,14,17,19-20H2,1-2H3,(H,33,37)(H,34,36)/t25-,26+,27-,31-,32-/m1/s1. The zero-order valence-corrected chi connectivity index (χ0v) is 23.9. The van der Waals surface area contributed by atoms with Crippen molar-refractivity contribution >= 4 is 29.1 Å². The van der Waals surface area contributed by atoms with Crippen LogP contribution in [-0.2, 0) is 38.6 Å². The Balaban J connectivity index is 1.28. The van der Waals surface area contributed by atoms with Gasteiger partial charge in [0.05, 0.1) is 31.1 Å². The molecule has 2 aromatic carbocycles. The molecular weight excluding hydrogens is 538 g/mol. The van der Waals surface area contributed by atoms with E-state index in [0.717, 1.165) is 21.8 Å². The number of methoxy groups -OCH3 is 1. The zero-order valence-electron chi connectivity index (χ0n) is 23.0. The Hall–Kier alpha value is -3.95. The van der Waals surface area contributed by atoms with Crippen LogP contribution in [0.4, 0.5) is 0 Å². The number of hydrogen-bond donors (Lipinski definition) is 2. The van der Waals surface area contributed by atoms with Gasteiger partial charge in [0, 0.05) is 18.0 Å².